The molecule has 1 atom stereocenters. The topological polar surface area (TPSA) is 32.7 Å². The summed E-state index contributed by atoms with van der Waals surface area (Å²) in [6.45, 7) is 12.7. The highest BCUT2D eigenvalue weighted by molar-refractivity contribution is 5.29. The molecular formula is C17H29NO2. The third kappa shape index (κ3) is 6.04. The van der Waals surface area contributed by atoms with Crippen LogP contribution in [0.5, 0.6) is 0 Å². The van der Waals surface area contributed by atoms with Gasteiger partial charge in [-0.25, -0.2) is 0 Å². The molecule has 1 rings (SSSR count). The largest absolute Gasteiger partial charge is 0.388 e. The molecule has 0 aliphatic heterocycles. The number of rotatable bonds is 9. The van der Waals surface area contributed by atoms with Crippen molar-refractivity contribution in [3.05, 3.63) is 34.9 Å². The minimum atomic E-state index is -0.380. The molecule has 0 aromatic heterocycles. The van der Waals surface area contributed by atoms with E-state index in [4.69, 9.17) is 4.74 Å². The number of aliphatic hydroxyl groups is 1. The molecule has 0 saturated heterocycles. The molecule has 0 heterocycles. The summed E-state index contributed by atoms with van der Waals surface area (Å²) >= 11 is 0. The maximum atomic E-state index is 10.3. The molecule has 0 aliphatic carbocycles. The molecule has 3 nitrogen and oxygen atoms in total. The molecular weight excluding hydrogens is 250 g/mol. The van der Waals surface area contributed by atoms with E-state index < -0.39 is 0 Å². The van der Waals surface area contributed by atoms with Gasteiger partial charge in [0.05, 0.1) is 12.7 Å². The van der Waals surface area contributed by atoms with Gasteiger partial charge in [0.2, 0.25) is 0 Å². The van der Waals surface area contributed by atoms with E-state index in [1.54, 1.807) is 0 Å². The van der Waals surface area contributed by atoms with Crippen molar-refractivity contribution in [3.8, 4) is 0 Å². The maximum Gasteiger partial charge on any atom is 0.0802 e. The first-order valence-corrected chi connectivity index (χ1v) is 7.63. The zero-order chi connectivity index (χ0) is 15.0. The van der Waals surface area contributed by atoms with Crippen LogP contribution in [0, 0.1) is 13.8 Å². The van der Waals surface area contributed by atoms with Crippen LogP contribution in [-0.4, -0.2) is 42.9 Å². The van der Waals surface area contributed by atoms with Crippen LogP contribution in [-0.2, 0) is 4.74 Å². The third-order valence-electron chi connectivity index (χ3n) is 3.55. The van der Waals surface area contributed by atoms with Crippen molar-refractivity contribution >= 4 is 0 Å². The summed E-state index contributed by atoms with van der Waals surface area (Å²) in [7, 11) is 0. The maximum absolute atomic E-state index is 10.3. The quantitative estimate of drug-likeness (QED) is 0.705. The van der Waals surface area contributed by atoms with E-state index in [0.29, 0.717) is 0 Å². The van der Waals surface area contributed by atoms with Gasteiger partial charge in [0.1, 0.15) is 0 Å². The summed E-state index contributed by atoms with van der Waals surface area (Å²) < 4.78 is 5.38. The second-order valence-electron chi connectivity index (χ2n) is 5.36. The molecule has 0 aliphatic rings. The zero-order valence-electron chi connectivity index (χ0n) is 13.4. The van der Waals surface area contributed by atoms with E-state index in [0.717, 1.165) is 44.8 Å². The first kappa shape index (κ1) is 17.2. The summed E-state index contributed by atoms with van der Waals surface area (Å²) in [5, 5.41) is 10.3. The van der Waals surface area contributed by atoms with Gasteiger partial charge in [-0.2, -0.15) is 0 Å². The van der Waals surface area contributed by atoms with E-state index in [1.807, 2.05) is 6.92 Å². The number of hydrogen-bond acceptors (Lipinski definition) is 3. The van der Waals surface area contributed by atoms with Crippen molar-refractivity contribution in [1.82, 2.24) is 4.90 Å². The molecule has 0 radical (unpaired) electrons. The molecule has 1 aromatic rings. The van der Waals surface area contributed by atoms with Crippen molar-refractivity contribution in [2.45, 2.75) is 40.2 Å². The Morgan fingerprint density at radius 2 is 1.75 bits per heavy atom. The van der Waals surface area contributed by atoms with E-state index >= 15 is 0 Å². The Morgan fingerprint density at radius 3 is 2.30 bits per heavy atom. The van der Waals surface area contributed by atoms with Gasteiger partial charge in [0, 0.05) is 19.7 Å². The van der Waals surface area contributed by atoms with Crippen molar-refractivity contribution in [2.24, 2.45) is 0 Å². The molecule has 0 amide bonds. The summed E-state index contributed by atoms with van der Waals surface area (Å²) in [5.74, 6) is 0. The normalized spacial score (nSPS) is 12.9. The third-order valence-corrected chi connectivity index (χ3v) is 3.55. The second kappa shape index (κ2) is 9.11. The number of hydrogen-bond donors (Lipinski definition) is 1. The Bertz CT molecular complexity index is 372. The van der Waals surface area contributed by atoms with Crippen LogP contribution in [0.25, 0.3) is 0 Å². The van der Waals surface area contributed by atoms with Crippen LogP contribution >= 0.6 is 0 Å². The summed E-state index contributed by atoms with van der Waals surface area (Å²) in [6.07, 6.45) is 0.387. The Kier molecular flexibility index (Phi) is 7.82. The minimum absolute atomic E-state index is 0.380. The zero-order valence-corrected chi connectivity index (χ0v) is 13.4. The molecule has 1 unspecified atom stereocenters. The van der Waals surface area contributed by atoms with Crippen molar-refractivity contribution in [3.63, 3.8) is 0 Å². The van der Waals surface area contributed by atoms with Gasteiger partial charge >= 0.3 is 0 Å². The molecule has 114 valence electrons. The van der Waals surface area contributed by atoms with Crippen LogP contribution in [0.1, 0.15) is 43.1 Å². The average molecular weight is 279 g/mol. The molecule has 0 bridgehead atoms. The van der Waals surface area contributed by atoms with E-state index in [2.05, 4.69) is 43.9 Å². The lowest BCUT2D eigenvalue weighted by molar-refractivity contribution is 0.101. The first-order valence-electron chi connectivity index (χ1n) is 7.63. The molecule has 3 heteroatoms. The Balaban J connectivity index is 2.46. The molecule has 0 fully saturated rings. The first-order chi connectivity index (χ1) is 9.56. The van der Waals surface area contributed by atoms with Gasteiger partial charge in [-0.1, -0.05) is 36.2 Å². The molecule has 0 saturated carbocycles. The fourth-order valence-corrected chi connectivity index (χ4v) is 2.44. The highest BCUT2D eigenvalue weighted by Gasteiger charge is 2.11. The van der Waals surface area contributed by atoms with Crippen molar-refractivity contribution in [2.75, 3.05) is 32.8 Å². The van der Waals surface area contributed by atoms with Crippen molar-refractivity contribution < 1.29 is 9.84 Å². The number of aryl methyl sites for hydroxylation is 2. The Hall–Kier alpha value is -0.900. The summed E-state index contributed by atoms with van der Waals surface area (Å²) in [5.41, 5.74) is 3.45. The fourth-order valence-electron chi connectivity index (χ4n) is 2.44. The summed E-state index contributed by atoms with van der Waals surface area (Å²) in [4.78, 5) is 2.32. The SMILES string of the molecule is CCOCCN(CC)CCC(O)c1cc(C)cc(C)c1. The number of nitrogens with zero attached hydrogens (tertiary/aromatic N) is 1. The Labute approximate surface area is 123 Å². The van der Waals surface area contributed by atoms with Crippen LogP contribution in [0.15, 0.2) is 18.2 Å². The molecule has 0 spiro atoms. The monoisotopic (exact) mass is 279 g/mol. The molecule has 1 aromatic carbocycles. The molecule has 1 N–H and O–H groups in total. The van der Waals surface area contributed by atoms with Crippen molar-refractivity contribution in [1.29, 1.82) is 0 Å². The number of ether oxygens (including phenoxy) is 1. The van der Waals surface area contributed by atoms with Gasteiger partial charge < -0.3 is 14.7 Å². The standard InChI is InChI=1S/C17H29NO2/c1-5-18(9-10-20-6-2)8-7-17(19)16-12-14(3)11-15(4)13-16/h11-13,17,19H,5-10H2,1-4H3. The number of benzene rings is 1. The van der Waals surface area contributed by atoms with Crippen LogP contribution in [0.2, 0.25) is 0 Å². The predicted molar refractivity (Wildman–Crippen MR) is 84.1 cm³/mol. The van der Waals surface area contributed by atoms with Gasteiger partial charge in [-0.3, -0.25) is 0 Å². The second-order valence-corrected chi connectivity index (χ2v) is 5.36. The fraction of sp³-hybridized carbons (Fsp3) is 0.647. The lowest BCUT2D eigenvalue weighted by Gasteiger charge is -2.22. The number of likely N-dealkylation sites (N-methyl/N-ethyl adjacent to an activating group) is 1. The highest BCUT2D eigenvalue weighted by atomic mass is 16.5. The lowest BCUT2D eigenvalue weighted by atomic mass is 10.0. The minimum Gasteiger partial charge on any atom is -0.388 e. The van der Waals surface area contributed by atoms with Gasteiger partial charge in [0.25, 0.3) is 0 Å². The molecule has 20 heavy (non-hydrogen) atoms. The smallest absolute Gasteiger partial charge is 0.0802 e. The van der Waals surface area contributed by atoms with E-state index in [-0.39, 0.29) is 6.10 Å². The van der Waals surface area contributed by atoms with Crippen LogP contribution in [0.3, 0.4) is 0 Å². The van der Waals surface area contributed by atoms with E-state index in [9.17, 15) is 5.11 Å². The van der Waals surface area contributed by atoms with Gasteiger partial charge in [0.15, 0.2) is 0 Å². The van der Waals surface area contributed by atoms with Gasteiger partial charge in [-0.15, -0.1) is 0 Å². The van der Waals surface area contributed by atoms with Crippen LogP contribution < -0.4 is 0 Å². The van der Waals surface area contributed by atoms with Crippen LogP contribution in [0.4, 0.5) is 0 Å². The van der Waals surface area contributed by atoms with Gasteiger partial charge in [-0.05, 0) is 39.3 Å². The predicted octanol–water partition coefficient (Wildman–Crippen LogP) is 3.09. The highest BCUT2D eigenvalue weighted by Crippen LogP contribution is 2.20. The van der Waals surface area contributed by atoms with E-state index in [1.165, 1.54) is 11.1 Å². The number of aliphatic hydroxyl groups excluding tert-OH is 1. The Morgan fingerprint density at radius 1 is 1.10 bits per heavy atom. The lowest BCUT2D eigenvalue weighted by Crippen LogP contribution is -2.29. The average Bonchev–Trinajstić information content (AvgIpc) is 2.41. The summed E-state index contributed by atoms with van der Waals surface area (Å²) in [6, 6.07) is 6.29.